The van der Waals surface area contributed by atoms with E-state index >= 15 is 0 Å². The molecule has 0 bridgehead atoms. The normalized spacial score (nSPS) is 26.6. The van der Waals surface area contributed by atoms with Gasteiger partial charge < -0.3 is 20.1 Å². The molecule has 1 aromatic rings. The number of rotatable bonds is 9. The molecule has 0 aromatic heterocycles. The highest BCUT2D eigenvalue weighted by Crippen LogP contribution is 2.46. The largest absolute Gasteiger partial charge is 0.466 e. The van der Waals surface area contributed by atoms with Gasteiger partial charge in [-0.15, -0.1) is 0 Å². The minimum Gasteiger partial charge on any atom is -0.466 e. The van der Waals surface area contributed by atoms with Crippen molar-refractivity contribution in [3.63, 3.8) is 0 Å². The molecule has 1 aromatic carbocycles. The molecule has 1 heterocycles. The molecule has 7 nitrogen and oxygen atoms in total. The molecular formula is C28H40N2O5. The number of benzene rings is 1. The molecule has 1 saturated heterocycles. The van der Waals surface area contributed by atoms with Crippen molar-refractivity contribution in [3.8, 4) is 0 Å². The number of hydrogen-bond donors (Lipinski definition) is 2. The van der Waals surface area contributed by atoms with Crippen molar-refractivity contribution < 1.29 is 24.2 Å². The summed E-state index contributed by atoms with van der Waals surface area (Å²) in [5.74, 6) is -2.70. The van der Waals surface area contributed by atoms with Crippen LogP contribution in [0.5, 0.6) is 0 Å². The molecule has 192 valence electrons. The van der Waals surface area contributed by atoms with Gasteiger partial charge >= 0.3 is 5.97 Å². The first-order valence-corrected chi connectivity index (χ1v) is 12.8. The summed E-state index contributed by atoms with van der Waals surface area (Å²) in [4.78, 5) is 42.5. The molecule has 0 unspecified atom stereocenters. The number of nitrogens with one attached hydrogen (secondary N) is 1. The Kier molecular flexibility index (Phi) is 8.75. The van der Waals surface area contributed by atoms with Gasteiger partial charge in [-0.1, -0.05) is 51.1 Å². The Morgan fingerprint density at radius 2 is 1.80 bits per heavy atom. The van der Waals surface area contributed by atoms with E-state index in [9.17, 15) is 19.5 Å². The van der Waals surface area contributed by atoms with E-state index in [2.05, 4.69) is 5.32 Å². The summed E-state index contributed by atoms with van der Waals surface area (Å²) in [6.07, 6.45) is 5.14. The second kappa shape index (κ2) is 11.4. The molecule has 1 aliphatic heterocycles. The van der Waals surface area contributed by atoms with Gasteiger partial charge in [0.05, 0.1) is 31.1 Å². The maximum atomic E-state index is 14.0. The summed E-state index contributed by atoms with van der Waals surface area (Å²) in [6.45, 7) is 11.6. The Bertz CT molecular complexity index is 952. The average Bonchev–Trinajstić information content (AvgIpc) is 3.11. The predicted octanol–water partition coefficient (Wildman–Crippen LogP) is 3.87. The van der Waals surface area contributed by atoms with Crippen LogP contribution in [0.4, 0.5) is 5.69 Å². The predicted molar refractivity (Wildman–Crippen MR) is 136 cm³/mol. The fourth-order valence-corrected chi connectivity index (χ4v) is 5.82. The molecule has 3 rings (SSSR count). The molecule has 0 saturated carbocycles. The zero-order chi connectivity index (χ0) is 25.9. The Morgan fingerprint density at radius 1 is 1.14 bits per heavy atom. The fourth-order valence-electron chi connectivity index (χ4n) is 5.82. The second-order valence-corrected chi connectivity index (χ2v) is 10.3. The number of amides is 2. The lowest BCUT2D eigenvalue weighted by atomic mass is 9.69. The Hall–Kier alpha value is -2.67. The number of carbonyl (C=O) groups is 3. The van der Waals surface area contributed by atoms with Crippen LogP contribution in [0, 0.1) is 43.4 Å². The highest BCUT2D eigenvalue weighted by Gasteiger charge is 2.58. The molecule has 1 fully saturated rings. The van der Waals surface area contributed by atoms with Crippen molar-refractivity contribution >= 4 is 23.5 Å². The number of aryl methyl sites for hydroxylation is 2. The van der Waals surface area contributed by atoms with Crippen LogP contribution in [0.25, 0.3) is 0 Å². The minimum atomic E-state index is -0.826. The molecule has 35 heavy (non-hydrogen) atoms. The van der Waals surface area contributed by atoms with Crippen LogP contribution in [0.1, 0.15) is 51.7 Å². The number of carbonyl (C=O) groups excluding carboxylic acids is 3. The van der Waals surface area contributed by atoms with E-state index in [-0.39, 0.29) is 36.9 Å². The summed E-state index contributed by atoms with van der Waals surface area (Å²) in [5, 5.41) is 13.4. The molecule has 2 amide bonds. The number of hydrogen-bond acceptors (Lipinski definition) is 5. The first kappa shape index (κ1) is 26.9. The van der Waals surface area contributed by atoms with E-state index in [1.807, 2.05) is 65.0 Å². The molecule has 2 aliphatic rings. The smallest absolute Gasteiger partial charge is 0.310 e. The van der Waals surface area contributed by atoms with Gasteiger partial charge in [0.2, 0.25) is 11.8 Å². The molecular weight excluding hydrogens is 444 g/mol. The Balaban J connectivity index is 2.08. The Labute approximate surface area is 208 Å². The number of allylic oxidation sites excluding steroid dienone is 1. The van der Waals surface area contributed by atoms with Crippen LogP contribution >= 0.6 is 0 Å². The summed E-state index contributed by atoms with van der Waals surface area (Å²) >= 11 is 0. The topological polar surface area (TPSA) is 95.9 Å². The van der Waals surface area contributed by atoms with Gasteiger partial charge in [-0.3, -0.25) is 14.4 Å². The van der Waals surface area contributed by atoms with Crippen molar-refractivity contribution in [3.05, 3.63) is 41.5 Å². The third-order valence-electron chi connectivity index (χ3n) is 7.42. The van der Waals surface area contributed by atoms with E-state index in [1.165, 1.54) is 0 Å². The molecule has 1 aliphatic carbocycles. The van der Waals surface area contributed by atoms with Crippen LogP contribution in [0.15, 0.2) is 30.4 Å². The van der Waals surface area contributed by atoms with Gasteiger partial charge in [0.1, 0.15) is 6.04 Å². The lowest BCUT2D eigenvalue weighted by molar-refractivity contribution is -0.156. The van der Waals surface area contributed by atoms with E-state index in [0.29, 0.717) is 12.8 Å². The van der Waals surface area contributed by atoms with Crippen LogP contribution < -0.4 is 5.32 Å². The third kappa shape index (κ3) is 5.30. The van der Waals surface area contributed by atoms with Crippen molar-refractivity contribution in [1.82, 2.24) is 4.90 Å². The number of aliphatic hydroxyl groups excluding tert-OH is 1. The van der Waals surface area contributed by atoms with E-state index in [4.69, 9.17) is 4.74 Å². The van der Waals surface area contributed by atoms with Crippen LogP contribution in [0.2, 0.25) is 0 Å². The minimum absolute atomic E-state index is 0.140. The molecule has 0 radical (unpaired) electrons. The van der Waals surface area contributed by atoms with Crippen molar-refractivity contribution in [2.75, 3.05) is 18.5 Å². The van der Waals surface area contributed by atoms with Gasteiger partial charge in [-0.2, -0.15) is 0 Å². The summed E-state index contributed by atoms with van der Waals surface area (Å²) in [5.41, 5.74) is 2.59. The van der Waals surface area contributed by atoms with E-state index in [1.54, 1.807) is 11.8 Å². The molecule has 2 N–H and O–H groups in total. The van der Waals surface area contributed by atoms with E-state index < -0.39 is 35.8 Å². The number of anilines is 1. The maximum Gasteiger partial charge on any atom is 0.310 e. The highest BCUT2D eigenvalue weighted by molar-refractivity contribution is 6.02. The number of likely N-dealkylation sites (tertiary alicyclic amines) is 1. The first-order chi connectivity index (χ1) is 16.7. The molecule has 0 spiro atoms. The monoisotopic (exact) mass is 484 g/mol. The van der Waals surface area contributed by atoms with Gasteiger partial charge in [0.15, 0.2) is 0 Å². The highest BCUT2D eigenvalue weighted by atomic mass is 16.5. The zero-order valence-electron chi connectivity index (χ0n) is 21.8. The number of ether oxygens (including phenoxy) is 1. The van der Waals surface area contributed by atoms with Crippen LogP contribution in [-0.2, 0) is 19.1 Å². The summed E-state index contributed by atoms with van der Waals surface area (Å²) < 4.78 is 5.39. The average molecular weight is 485 g/mol. The van der Waals surface area contributed by atoms with Crippen LogP contribution in [0.3, 0.4) is 0 Å². The number of aliphatic hydroxyl groups is 1. The number of nitrogens with zero attached hydrogens (tertiary/aromatic N) is 1. The van der Waals surface area contributed by atoms with Gasteiger partial charge in [0, 0.05) is 11.6 Å². The zero-order valence-corrected chi connectivity index (χ0v) is 21.8. The van der Waals surface area contributed by atoms with Crippen molar-refractivity contribution in [2.45, 2.75) is 66.5 Å². The standard InChI is InChI=1S/C28H40N2O5/c1-7-19-12-13-21-23(22(19)28(34)35-8-2)27(33)30(20(15-31)14-16(3)4)25(21)26(32)29-24-17(5)10-9-11-18(24)6/h9-13,16,19-23,25,31H,7-8,14-15H2,1-6H3,(H,29,32)/t19-,20-,21+,22-,23-,25+/m1/s1. The maximum absolute atomic E-state index is 14.0. The second-order valence-electron chi connectivity index (χ2n) is 10.3. The fraction of sp³-hybridized carbons (Fsp3) is 0.607. The first-order valence-electron chi connectivity index (χ1n) is 12.8. The number of esters is 1. The third-order valence-corrected chi connectivity index (χ3v) is 7.42. The van der Waals surface area contributed by atoms with Crippen LogP contribution in [-0.4, -0.2) is 53.1 Å². The van der Waals surface area contributed by atoms with Gasteiger partial charge in [0.25, 0.3) is 0 Å². The summed E-state index contributed by atoms with van der Waals surface area (Å²) in [7, 11) is 0. The van der Waals surface area contributed by atoms with E-state index in [0.717, 1.165) is 16.8 Å². The van der Waals surface area contributed by atoms with Gasteiger partial charge in [-0.25, -0.2) is 0 Å². The number of para-hydroxylation sites is 1. The summed E-state index contributed by atoms with van der Waals surface area (Å²) in [6, 6.07) is 4.46. The number of fused-ring (bicyclic) bond motifs is 1. The SMILES string of the molecule is CCOC(=O)[C@H]1[C@@H]2C(=O)N([C@@H](CO)CC(C)C)[C@H](C(=O)Nc3c(C)cccc3C)[C@H]2C=C[C@H]1CC. The van der Waals surface area contributed by atoms with Crippen molar-refractivity contribution in [1.29, 1.82) is 0 Å². The molecule has 7 heteroatoms. The Morgan fingerprint density at radius 3 is 2.34 bits per heavy atom. The lowest BCUT2D eigenvalue weighted by Gasteiger charge is -2.34. The van der Waals surface area contributed by atoms with Gasteiger partial charge in [-0.05, 0) is 56.6 Å². The quantitative estimate of drug-likeness (QED) is 0.410. The lowest BCUT2D eigenvalue weighted by Crippen LogP contribution is -2.51. The molecule has 6 atom stereocenters. The van der Waals surface area contributed by atoms with Crippen molar-refractivity contribution in [2.24, 2.45) is 29.6 Å².